The highest BCUT2D eigenvalue weighted by atomic mass is 16.2. The minimum Gasteiger partial charge on any atom is -0.345 e. The van der Waals surface area contributed by atoms with Gasteiger partial charge in [0.25, 0.3) is 0 Å². The summed E-state index contributed by atoms with van der Waals surface area (Å²) in [5.41, 5.74) is 1.29. The lowest BCUT2D eigenvalue weighted by Crippen LogP contribution is -2.42. The van der Waals surface area contributed by atoms with Gasteiger partial charge in [0.2, 0.25) is 5.91 Å². The fourth-order valence-electron chi connectivity index (χ4n) is 2.43. The number of piperidine rings is 1. The molecule has 1 saturated heterocycles. The molecule has 2 rings (SSSR count). The summed E-state index contributed by atoms with van der Waals surface area (Å²) in [6, 6.07) is 10.3. The number of nitrogens with one attached hydrogen (secondary N) is 1. The number of hydrogen-bond donors (Lipinski definition) is 1. The first-order valence-electron chi connectivity index (χ1n) is 6.77. The van der Waals surface area contributed by atoms with Crippen molar-refractivity contribution in [2.24, 2.45) is 5.92 Å². The molecular formula is C15H22N2O. The lowest BCUT2D eigenvalue weighted by Gasteiger charge is -2.27. The van der Waals surface area contributed by atoms with E-state index in [-0.39, 0.29) is 11.8 Å². The Hall–Kier alpha value is -1.35. The number of rotatable bonds is 4. The van der Waals surface area contributed by atoms with Crippen LogP contribution in [0.1, 0.15) is 18.4 Å². The van der Waals surface area contributed by atoms with Crippen molar-refractivity contribution in [1.82, 2.24) is 10.2 Å². The Bertz CT molecular complexity index is 371. The zero-order chi connectivity index (χ0) is 12.8. The van der Waals surface area contributed by atoms with E-state index in [4.69, 9.17) is 0 Å². The molecule has 3 nitrogen and oxygen atoms in total. The van der Waals surface area contributed by atoms with Crippen molar-refractivity contribution in [2.75, 3.05) is 26.7 Å². The topological polar surface area (TPSA) is 32.3 Å². The van der Waals surface area contributed by atoms with E-state index >= 15 is 0 Å². The van der Waals surface area contributed by atoms with Gasteiger partial charge in [-0.05, 0) is 31.4 Å². The van der Waals surface area contributed by atoms with Gasteiger partial charge in [-0.2, -0.15) is 0 Å². The van der Waals surface area contributed by atoms with Gasteiger partial charge in [-0.25, -0.2) is 0 Å². The summed E-state index contributed by atoms with van der Waals surface area (Å²) in [6.07, 6.45) is 3.08. The summed E-state index contributed by atoms with van der Waals surface area (Å²) < 4.78 is 0. The van der Waals surface area contributed by atoms with Gasteiger partial charge in [-0.15, -0.1) is 0 Å². The molecule has 0 aromatic heterocycles. The van der Waals surface area contributed by atoms with E-state index in [9.17, 15) is 4.79 Å². The molecule has 1 heterocycles. The molecule has 1 aliphatic heterocycles. The summed E-state index contributed by atoms with van der Waals surface area (Å²) in [6.45, 7) is 2.70. The van der Waals surface area contributed by atoms with Gasteiger partial charge in [0.1, 0.15) is 0 Å². The monoisotopic (exact) mass is 246 g/mol. The summed E-state index contributed by atoms with van der Waals surface area (Å²) in [5.74, 6) is 0.470. The molecule has 1 aliphatic rings. The molecule has 1 N–H and O–H groups in total. The maximum Gasteiger partial charge on any atom is 0.226 e. The molecule has 0 bridgehead atoms. The van der Waals surface area contributed by atoms with Crippen LogP contribution in [0.5, 0.6) is 0 Å². The van der Waals surface area contributed by atoms with Crippen molar-refractivity contribution in [2.45, 2.75) is 19.3 Å². The standard InChI is InChI=1S/C15H22N2O/c1-17(11-9-13-6-3-2-4-7-13)15(18)14-8-5-10-16-12-14/h2-4,6-7,14,16H,5,8-12H2,1H3. The van der Waals surface area contributed by atoms with E-state index < -0.39 is 0 Å². The summed E-state index contributed by atoms with van der Waals surface area (Å²) in [5, 5.41) is 3.30. The average molecular weight is 246 g/mol. The molecule has 1 unspecified atom stereocenters. The highest BCUT2D eigenvalue weighted by Crippen LogP contribution is 2.13. The molecule has 1 aromatic carbocycles. The SMILES string of the molecule is CN(CCc1ccccc1)C(=O)C1CCCNC1. The quantitative estimate of drug-likeness (QED) is 0.877. The van der Waals surface area contributed by atoms with E-state index in [0.717, 1.165) is 38.9 Å². The second-order valence-electron chi connectivity index (χ2n) is 5.04. The fraction of sp³-hybridized carbons (Fsp3) is 0.533. The number of carbonyl (C=O) groups is 1. The fourth-order valence-corrected chi connectivity index (χ4v) is 2.43. The van der Waals surface area contributed by atoms with E-state index in [1.165, 1.54) is 5.56 Å². The number of nitrogens with zero attached hydrogens (tertiary/aromatic N) is 1. The lowest BCUT2D eigenvalue weighted by molar-refractivity contribution is -0.134. The van der Waals surface area contributed by atoms with Gasteiger partial charge >= 0.3 is 0 Å². The molecule has 3 heteroatoms. The van der Waals surface area contributed by atoms with Crippen LogP contribution in [-0.4, -0.2) is 37.5 Å². The molecule has 18 heavy (non-hydrogen) atoms. The predicted octanol–water partition coefficient (Wildman–Crippen LogP) is 1.69. The molecule has 1 fully saturated rings. The van der Waals surface area contributed by atoms with E-state index in [2.05, 4.69) is 17.4 Å². The summed E-state index contributed by atoms with van der Waals surface area (Å²) in [4.78, 5) is 14.1. The zero-order valence-corrected chi connectivity index (χ0v) is 11.1. The molecule has 0 saturated carbocycles. The first-order valence-corrected chi connectivity index (χ1v) is 6.77. The Balaban J connectivity index is 1.80. The van der Waals surface area contributed by atoms with Crippen LogP contribution in [0.3, 0.4) is 0 Å². The van der Waals surface area contributed by atoms with Crippen molar-refractivity contribution in [3.8, 4) is 0 Å². The van der Waals surface area contributed by atoms with Crippen LogP contribution in [0.2, 0.25) is 0 Å². The van der Waals surface area contributed by atoms with Crippen LogP contribution in [0.4, 0.5) is 0 Å². The third kappa shape index (κ3) is 3.57. The van der Waals surface area contributed by atoms with Crippen LogP contribution in [0.15, 0.2) is 30.3 Å². The van der Waals surface area contributed by atoms with Crippen molar-refractivity contribution in [1.29, 1.82) is 0 Å². The van der Waals surface area contributed by atoms with Crippen LogP contribution >= 0.6 is 0 Å². The number of benzene rings is 1. The molecular weight excluding hydrogens is 224 g/mol. The first kappa shape index (κ1) is 13.1. The van der Waals surface area contributed by atoms with Crippen LogP contribution in [0.25, 0.3) is 0 Å². The smallest absolute Gasteiger partial charge is 0.226 e. The van der Waals surface area contributed by atoms with E-state index in [1.54, 1.807) is 0 Å². The predicted molar refractivity (Wildman–Crippen MR) is 73.4 cm³/mol. The first-order chi connectivity index (χ1) is 8.77. The van der Waals surface area contributed by atoms with Gasteiger partial charge in [0, 0.05) is 20.1 Å². The maximum atomic E-state index is 12.2. The van der Waals surface area contributed by atoms with E-state index in [1.807, 2.05) is 30.1 Å². The van der Waals surface area contributed by atoms with Crippen molar-refractivity contribution < 1.29 is 4.79 Å². The van der Waals surface area contributed by atoms with Gasteiger partial charge in [0.05, 0.1) is 5.92 Å². The van der Waals surface area contributed by atoms with Gasteiger partial charge < -0.3 is 10.2 Å². The van der Waals surface area contributed by atoms with Gasteiger partial charge in [-0.1, -0.05) is 30.3 Å². The normalized spacial score (nSPS) is 19.5. The Labute approximate surface area is 109 Å². The van der Waals surface area contributed by atoms with Gasteiger partial charge in [-0.3, -0.25) is 4.79 Å². The van der Waals surface area contributed by atoms with Crippen molar-refractivity contribution in [3.63, 3.8) is 0 Å². The Morgan fingerprint density at radius 1 is 1.39 bits per heavy atom. The summed E-state index contributed by atoms with van der Waals surface area (Å²) >= 11 is 0. The molecule has 0 radical (unpaired) electrons. The van der Waals surface area contributed by atoms with E-state index in [0.29, 0.717) is 0 Å². The largest absolute Gasteiger partial charge is 0.345 e. The molecule has 0 spiro atoms. The second-order valence-corrected chi connectivity index (χ2v) is 5.04. The lowest BCUT2D eigenvalue weighted by atomic mass is 9.98. The second kappa shape index (κ2) is 6.55. The molecule has 1 amide bonds. The molecule has 1 atom stereocenters. The highest BCUT2D eigenvalue weighted by Gasteiger charge is 2.23. The third-order valence-electron chi connectivity index (χ3n) is 3.60. The van der Waals surface area contributed by atoms with Crippen LogP contribution in [-0.2, 0) is 11.2 Å². The zero-order valence-electron chi connectivity index (χ0n) is 11.1. The van der Waals surface area contributed by atoms with Gasteiger partial charge in [0.15, 0.2) is 0 Å². The number of likely N-dealkylation sites (N-methyl/N-ethyl adjacent to an activating group) is 1. The third-order valence-corrected chi connectivity index (χ3v) is 3.60. The van der Waals surface area contributed by atoms with Crippen LogP contribution in [0, 0.1) is 5.92 Å². The summed E-state index contributed by atoms with van der Waals surface area (Å²) in [7, 11) is 1.92. The number of hydrogen-bond acceptors (Lipinski definition) is 2. The van der Waals surface area contributed by atoms with Crippen molar-refractivity contribution >= 4 is 5.91 Å². The molecule has 1 aromatic rings. The Morgan fingerprint density at radius 3 is 2.83 bits per heavy atom. The Kier molecular flexibility index (Phi) is 4.76. The molecule has 98 valence electrons. The highest BCUT2D eigenvalue weighted by molar-refractivity contribution is 5.78. The van der Waals surface area contributed by atoms with Crippen molar-refractivity contribution in [3.05, 3.63) is 35.9 Å². The number of carbonyl (C=O) groups excluding carboxylic acids is 1. The minimum absolute atomic E-state index is 0.180. The number of amides is 1. The maximum absolute atomic E-state index is 12.2. The minimum atomic E-state index is 0.180. The Morgan fingerprint density at radius 2 is 2.17 bits per heavy atom. The molecule has 0 aliphatic carbocycles. The van der Waals surface area contributed by atoms with Crippen LogP contribution < -0.4 is 5.32 Å². The average Bonchev–Trinajstić information content (AvgIpc) is 2.46.